The van der Waals surface area contributed by atoms with E-state index >= 15 is 0 Å². The molecular weight excluding hydrogens is 368 g/mol. The van der Waals surface area contributed by atoms with Crippen molar-refractivity contribution < 1.29 is 0 Å². The standard InChI is InChI=1S/C26H26N4/c1-13-14(2)28-22-10-18-17(9-21(22)27-13)25(5)7-8-26(18,6)20-12-24-23(11-19(20)25)29-15(3)16(4)30-24/h9-12H,7-8H2,1-6H3. The highest BCUT2D eigenvalue weighted by Gasteiger charge is 2.51. The third-order valence-corrected chi connectivity index (χ3v) is 7.93. The summed E-state index contributed by atoms with van der Waals surface area (Å²) in [5.74, 6) is 0. The minimum Gasteiger partial charge on any atom is -0.250 e. The van der Waals surface area contributed by atoms with Crippen LogP contribution in [0.4, 0.5) is 0 Å². The molecule has 4 heteroatoms. The molecule has 0 fully saturated rings. The molecule has 0 N–H and O–H groups in total. The largest absolute Gasteiger partial charge is 0.250 e. The van der Waals surface area contributed by atoms with E-state index in [-0.39, 0.29) is 10.8 Å². The molecule has 150 valence electrons. The van der Waals surface area contributed by atoms with Gasteiger partial charge in [0.1, 0.15) is 0 Å². The molecular formula is C26H26N4. The smallest absolute Gasteiger partial charge is 0.0893 e. The molecule has 3 aliphatic rings. The Balaban J connectivity index is 1.71. The number of fused-ring (bicyclic) bond motifs is 3. The maximum atomic E-state index is 4.86. The molecule has 7 rings (SSSR count). The first-order valence-electron chi connectivity index (χ1n) is 10.8. The zero-order valence-corrected chi connectivity index (χ0v) is 18.5. The summed E-state index contributed by atoms with van der Waals surface area (Å²) in [6.07, 6.45) is 2.27. The van der Waals surface area contributed by atoms with Crippen molar-refractivity contribution in [1.29, 1.82) is 0 Å². The summed E-state index contributed by atoms with van der Waals surface area (Å²) in [4.78, 5) is 19.5. The molecule has 2 heterocycles. The van der Waals surface area contributed by atoms with Crippen LogP contribution in [-0.4, -0.2) is 19.9 Å². The number of hydrogen-bond acceptors (Lipinski definition) is 4. The highest BCUT2D eigenvalue weighted by molar-refractivity contribution is 5.84. The zero-order chi connectivity index (χ0) is 21.0. The maximum absolute atomic E-state index is 4.86. The van der Waals surface area contributed by atoms with Crippen molar-refractivity contribution in [3.05, 3.63) is 69.3 Å². The lowest BCUT2D eigenvalue weighted by Crippen LogP contribution is -2.46. The van der Waals surface area contributed by atoms with Gasteiger partial charge >= 0.3 is 0 Å². The van der Waals surface area contributed by atoms with E-state index in [4.69, 9.17) is 19.9 Å². The van der Waals surface area contributed by atoms with Gasteiger partial charge in [0.25, 0.3) is 0 Å². The van der Waals surface area contributed by atoms with Crippen LogP contribution in [0.15, 0.2) is 24.3 Å². The highest BCUT2D eigenvalue weighted by atomic mass is 14.8. The van der Waals surface area contributed by atoms with Gasteiger partial charge in [-0.2, -0.15) is 0 Å². The topological polar surface area (TPSA) is 51.6 Å². The fraction of sp³-hybridized carbons (Fsp3) is 0.385. The van der Waals surface area contributed by atoms with Gasteiger partial charge in [0.05, 0.1) is 44.8 Å². The lowest BCUT2D eigenvalue weighted by molar-refractivity contribution is 0.328. The Bertz CT molecular complexity index is 1210. The summed E-state index contributed by atoms with van der Waals surface area (Å²) in [5.41, 5.74) is 13.6. The summed E-state index contributed by atoms with van der Waals surface area (Å²) in [6, 6.07) is 9.23. The number of rotatable bonds is 0. The Labute approximate surface area is 176 Å². The fourth-order valence-electron chi connectivity index (χ4n) is 5.71. The second-order valence-electron chi connectivity index (χ2n) is 9.73. The van der Waals surface area contributed by atoms with Gasteiger partial charge in [-0.3, -0.25) is 0 Å². The lowest BCUT2D eigenvalue weighted by atomic mass is 9.50. The van der Waals surface area contributed by atoms with E-state index in [2.05, 4.69) is 38.1 Å². The molecule has 3 aliphatic carbocycles. The van der Waals surface area contributed by atoms with E-state index in [1.807, 2.05) is 27.7 Å². The van der Waals surface area contributed by atoms with Gasteiger partial charge in [-0.15, -0.1) is 0 Å². The van der Waals surface area contributed by atoms with E-state index in [1.54, 1.807) is 0 Å². The predicted molar refractivity (Wildman–Crippen MR) is 120 cm³/mol. The third-order valence-electron chi connectivity index (χ3n) is 7.93. The monoisotopic (exact) mass is 394 g/mol. The Morgan fingerprint density at radius 2 is 0.733 bits per heavy atom. The van der Waals surface area contributed by atoms with Crippen molar-refractivity contribution >= 4 is 22.1 Å². The molecule has 0 saturated carbocycles. The fourth-order valence-corrected chi connectivity index (χ4v) is 5.71. The number of aromatic nitrogens is 4. The quantitative estimate of drug-likeness (QED) is 0.394. The number of hydrogen-bond donors (Lipinski definition) is 0. The second kappa shape index (κ2) is 5.42. The number of aryl methyl sites for hydroxylation is 4. The van der Waals surface area contributed by atoms with Gasteiger partial charge in [-0.1, -0.05) is 13.8 Å². The van der Waals surface area contributed by atoms with Crippen LogP contribution in [0.1, 0.15) is 71.7 Å². The second-order valence-corrected chi connectivity index (χ2v) is 9.73. The minimum absolute atomic E-state index is 0.0360. The first-order valence-corrected chi connectivity index (χ1v) is 10.8. The summed E-state index contributed by atoms with van der Waals surface area (Å²) in [7, 11) is 0. The SMILES string of the molecule is Cc1nc2cc3c(cc2nc1C)C1(C)CCC3(C)c2cc3nc(C)c(C)nc3cc21. The van der Waals surface area contributed by atoms with Crippen molar-refractivity contribution in [3.8, 4) is 0 Å². The molecule has 0 amide bonds. The summed E-state index contributed by atoms with van der Waals surface area (Å²) in [6.45, 7) is 13.0. The van der Waals surface area contributed by atoms with Crippen LogP contribution in [0.5, 0.6) is 0 Å². The van der Waals surface area contributed by atoms with Crippen LogP contribution in [0.25, 0.3) is 22.1 Å². The van der Waals surface area contributed by atoms with E-state index in [0.29, 0.717) is 0 Å². The van der Waals surface area contributed by atoms with Gasteiger partial charge in [0.2, 0.25) is 0 Å². The molecule has 2 aromatic heterocycles. The Hall–Kier alpha value is -2.88. The van der Waals surface area contributed by atoms with Crippen molar-refractivity contribution in [2.45, 2.75) is 65.2 Å². The molecule has 0 spiro atoms. The van der Waals surface area contributed by atoms with Crippen molar-refractivity contribution in [3.63, 3.8) is 0 Å². The van der Waals surface area contributed by atoms with Gasteiger partial charge < -0.3 is 0 Å². The molecule has 0 unspecified atom stereocenters. The summed E-state index contributed by atoms with van der Waals surface area (Å²) < 4.78 is 0. The van der Waals surface area contributed by atoms with Gasteiger partial charge in [0.15, 0.2) is 0 Å². The van der Waals surface area contributed by atoms with E-state index in [9.17, 15) is 0 Å². The van der Waals surface area contributed by atoms with Crippen LogP contribution in [0.2, 0.25) is 0 Å². The van der Waals surface area contributed by atoms with E-state index in [0.717, 1.165) is 57.7 Å². The van der Waals surface area contributed by atoms with Crippen LogP contribution in [-0.2, 0) is 10.8 Å². The maximum Gasteiger partial charge on any atom is 0.0893 e. The Morgan fingerprint density at radius 1 is 0.500 bits per heavy atom. The number of benzene rings is 2. The third kappa shape index (κ3) is 2.07. The predicted octanol–water partition coefficient (Wildman–Crippen LogP) is 5.53. The van der Waals surface area contributed by atoms with Crippen molar-refractivity contribution in [1.82, 2.24) is 19.9 Å². The average molecular weight is 395 g/mol. The molecule has 2 aromatic carbocycles. The molecule has 30 heavy (non-hydrogen) atoms. The van der Waals surface area contributed by atoms with Crippen molar-refractivity contribution in [2.24, 2.45) is 0 Å². The van der Waals surface area contributed by atoms with Gasteiger partial charge in [-0.05, 0) is 87.1 Å². The zero-order valence-electron chi connectivity index (χ0n) is 18.5. The van der Waals surface area contributed by atoms with Crippen LogP contribution in [0, 0.1) is 27.7 Å². The number of nitrogens with zero attached hydrogens (tertiary/aromatic N) is 4. The summed E-state index contributed by atoms with van der Waals surface area (Å²) in [5, 5.41) is 0. The average Bonchev–Trinajstić information content (AvgIpc) is 2.70. The van der Waals surface area contributed by atoms with Crippen LogP contribution < -0.4 is 0 Å². The van der Waals surface area contributed by atoms with E-state index in [1.165, 1.54) is 22.3 Å². The Morgan fingerprint density at radius 3 is 0.967 bits per heavy atom. The van der Waals surface area contributed by atoms with Crippen LogP contribution in [0.3, 0.4) is 0 Å². The molecule has 0 atom stereocenters. The van der Waals surface area contributed by atoms with Crippen LogP contribution >= 0.6 is 0 Å². The minimum atomic E-state index is -0.0360. The Kier molecular flexibility index (Phi) is 3.24. The molecule has 0 saturated heterocycles. The molecule has 0 aliphatic heterocycles. The molecule has 0 radical (unpaired) electrons. The molecule has 2 bridgehead atoms. The highest BCUT2D eigenvalue weighted by Crippen LogP contribution is 2.59. The first-order chi connectivity index (χ1) is 14.2. The van der Waals surface area contributed by atoms with Crippen molar-refractivity contribution in [2.75, 3.05) is 0 Å². The lowest BCUT2D eigenvalue weighted by Gasteiger charge is -2.53. The van der Waals surface area contributed by atoms with E-state index < -0.39 is 0 Å². The van der Waals surface area contributed by atoms with Gasteiger partial charge in [-0.25, -0.2) is 19.9 Å². The first kappa shape index (κ1) is 17.9. The normalized spacial score (nSPS) is 24.3. The molecule has 4 aromatic rings. The molecule has 4 nitrogen and oxygen atoms in total. The van der Waals surface area contributed by atoms with Gasteiger partial charge in [0, 0.05) is 10.8 Å². The summed E-state index contributed by atoms with van der Waals surface area (Å²) >= 11 is 0.